The number of nitriles is 1. The average molecular weight is 263 g/mol. The molecule has 0 radical (unpaired) electrons. The van der Waals surface area contributed by atoms with Crippen molar-refractivity contribution in [1.82, 2.24) is 0 Å². The number of hydrogen-bond donors (Lipinski definition) is 0. The number of benzene rings is 1. The van der Waals surface area contributed by atoms with E-state index in [-0.39, 0.29) is 0 Å². The van der Waals surface area contributed by atoms with Crippen LogP contribution in [-0.2, 0) is 0 Å². The van der Waals surface area contributed by atoms with Gasteiger partial charge in [-0.2, -0.15) is 5.26 Å². The van der Waals surface area contributed by atoms with E-state index in [1.54, 1.807) is 6.07 Å². The lowest BCUT2D eigenvalue weighted by Crippen LogP contribution is -1.86. The van der Waals surface area contributed by atoms with Gasteiger partial charge in [0.1, 0.15) is 0 Å². The molecule has 0 atom stereocenters. The molecular weight excluding hydrogens is 242 g/mol. The van der Waals surface area contributed by atoms with E-state index in [1.807, 2.05) is 12.1 Å². The van der Waals surface area contributed by atoms with Gasteiger partial charge < -0.3 is 0 Å². The maximum absolute atomic E-state index is 8.97. The number of rotatable bonds is 4. The van der Waals surface area contributed by atoms with Gasteiger partial charge in [-0.1, -0.05) is 50.4 Å². The summed E-state index contributed by atoms with van der Waals surface area (Å²) < 4.78 is 0. The molecule has 0 aliphatic heterocycles. The van der Waals surface area contributed by atoms with Crippen molar-refractivity contribution in [2.24, 2.45) is 0 Å². The molecule has 20 heavy (non-hydrogen) atoms. The zero-order valence-corrected chi connectivity index (χ0v) is 12.4. The fourth-order valence-corrected chi connectivity index (χ4v) is 1.67. The van der Waals surface area contributed by atoms with Gasteiger partial charge in [0.05, 0.1) is 11.6 Å². The van der Waals surface area contributed by atoms with Crippen LogP contribution in [0.5, 0.6) is 0 Å². The van der Waals surface area contributed by atoms with Crippen LogP contribution in [0.2, 0.25) is 0 Å². The minimum absolute atomic E-state index is 0.642. The molecule has 1 nitrogen and oxygen atoms in total. The summed E-state index contributed by atoms with van der Waals surface area (Å²) >= 11 is 0. The van der Waals surface area contributed by atoms with Crippen LogP contribution in [0.25, 0.3) is 0 Å². The molecule has 0 aliphatic carbocycles. The van der Waals surface area contributed by atoms with Crippen LogP contribution in [0.4, 0.5) is 0 Å². The maximum Gasteiger partial charge on any atom is 0.0992 e. The number of unbranched alkanes of at least 4 members (excludes halogenated alkanes) is 4. The second-order valence-corrected chi connectivity index (χ2v) is 4.68. The van der Waals surface area contributed by atoms with E-state index in [4.69, 9.17) is 5.26 Å². The molecule has 1 rings (SSSR count). The summed E-state index contributed by atoms with van der Waals surface area (Å²) in [6, 6.07) is 7.70. The first kappa shape index (κ1) is 15.9. The zero-order valence-electron chi connectivity index (χ0n) is 12.4. The molecule has 1 aromatic rings. The van der Waals surface area contributed by atoms with E-state index in [9.17, 15) is 0 Å². The molecule has 1 heteroatoms. The summed E-state index contributed by atoms with van der Waals surface area (Å²) in [5.74, 6) is 12.7. The van der Waals surface area contributed by atoms with Crippen molar-refractivity contribution >= 4 is 0 Å². The Hall–Kier alpha value is -2.17. The Kier molecular flexibility index (Phi) is 7.72. The van der Waals surface area contributed by atoms with Crippen molar-refractivity contribution in [2.75, 3.05) is 0 Å². The summed E-state index contributed by atoms with van der Waals surface area (Å²) in [7, 11) is 0. The monoisotopic (exact) mass is 263 g/mol. The van der Waals surface area contributed by atoms with E-state index in [2.05, 4.69) is 43.6 Å². The first-order valence-electron chi connectivity index (χ1n) is 7.33. The van der Waals surface area contributed by atoms with Crippen LogP contribution < -0.4 is 0 Å². The zero-order chi connectivity index (χ0) is 14.6. The van der Waals surface area contributed by atoms with Gasteiger partial charge in [0.25, 0.3) is 0 Å². The average Bonchev–Trinajstić information content (AvgIpc) is 2.49. The molecule has 0 saturated heterocycles. The minimum atomic E-state index is 0.642. The van der Waals surface area contributed by atoms with Crippen LogP contribution in [0.3, 0.4) is 0 Å². The summed E-state index contributed by atoms with van der Waals surface area (Å²) in [6.45, 7) is 4.32. The van der Waals surface area contributed by atoms with Gasteiger partial charge in [-0.3, -0.25) is 0 Å². The van der Waals surface area contributed by atoms with Crippen molar-refractivity contribution in [3.63, 3.8) is 0 Å². The highest BCUT2D eigenvalue weighted by Crippen LogP contribution is 2.10. The van der Waals surface area contributed by atoms with Crippen LogP contribution in [0.15, 0.2) is 18.2 Å². The highest BCUT2D eigenvalue weighted by molar-refractivity contribution is 5.53. The lowest BCUT2D eigenvalue weighted by Gasteiger charge is -1.97. The first-order chi connectivity index (χ1) is 9.81. The quantitative estimate of drug-likeness (QED) is 0.573. The van der Waals surface area contributed by atoms with E-state index < -0.39 is 0 Å². The van der Waals surface area contributed by atoms with Gasteiger partial charge in [0.15, 0.2) is 0 Å². The Balaban J connectivity index is 2.93. The number of nitrogens with zero attached hydrogens (tertiary/aromatic N) is 1. The normalized spacial score (nSPS) is 8.85. The summed E-state index contributed by atoms with van der Waals surface area (Å²) in [5.41, 5.74) is 2.46. The third kappa shape index (κ3) is 5.65. The molecule has 102 valence electrons. The second kappa shape index (κ2) is 9.72. The SMILES string of the molecule is CCCCC#Cc1ccc(C#N)cc1C#CCCCC. The van der Waals surface area contributed by atoms with E-state index in [0.717, 1.165) is 49.7 Å². The predicted octanol–water partition coefficient (Wildman–Crippen LogP) is 4.64. The van der Waals surface area contributed by atoms with Crippen molar-refractivity contribution in [3.8, 4) is 29.8 Å². The maximum atomic E-state index is 8.97. The molecule has 0 unspecified atom stereocenters. The van der Waals surface area contributed by atoms with Gasteiger partial charge in [-0.25, -0.2) is 0 Å². The number of hydrogen-bond acceptors (Lipinski definition) is 1. The Morgan fingerprint density at radius 2 is 1.50 bits per heavy atom. The lowest BCUT2D eigenvalue weighted by molar-refractivity contribution is 0.828. The third-order valence-electron chi connectivity index (χ3n) is 2.91. The molecule has 0 bridgehead atoms. The second-order valence-electron chi connectivity index (χ2n) is 4.68. The molecule has 0 N–H and O–H groups in total. The molecule has 0 fully saturated rings. The molecule has 0 amide bonds. The van der Waals surface area contributed by atoms with Crippen LogP contribution in [0.1, 0.15) is 69.1 Å². The molecule has 0 saturated carbocycles. The van der Waals surface area contributed by atoms with Gasteiger partial charge in [0, 0.05) is 24.0 Å². The fraction of sp³-hybridized carbons (Fsp3) is 0.421. The van der Waals surface area contributed by atoms with Crippen LogP contribution in [-0.4, -0.2) is 0 Å². The van der Waals surface area contributed by atoms with Gasteiger partial charge >= 0.3 is 0 Å². The lowest BCUT2D eigenvalue weighted by atomic mass is 10.0. The standard InChI is InChI=1S/C19H21N/c1-3-5-7-9-11-18-14-13-17(16-20)15-19(18)12-10-8-6-4-2/h13-15H,3-8H2,1-2H3. The molecule has 0 aromatic heterocycles. The van der Waals surface area contributed by atoms with Gasteiger partial charge in [0.2, 0.25) is 0 Å². The fourth-order valence-electron chi connectivity index (χ4n) is 1.67. The van der Waals surface area contributed by atoms with Crippen molar-refractivity contribution in [2.45, 2.75) is 52.4 Å². The summed E-state index contributed by atoms with van der Waals surface area (Å²) in [5, 5.41) is 8.97. The van der Waals surface area contributed by atoms with Crippen molar-refractivity contribution in [3.05, 3.63) is 34.9 Å². The van der Waals surface area contributed by atoms with Crippen LogP contribution >= 0.6 is 0 Å². The third-order valence-corrected chi connectivity index (χ3v) is 2.91. The predicted molar refractivity (Wildman–Crippen MR) is 84.0 cm³/mol. The summed E-state index contributed by atoms with van der Waals surface area (Å²) in [6.07, 6.45) is 6.36. The molecule has 0 spiro atoms. The topological polar surface area (TPSA) is 23.8 Å². The Morgan fingerprint density at radius 3 is 2.05 bits per heavy atom. The largest absolute Gasteiger partial charge is 0.192 e. The van der Waals surface area contributed by atoms with Crippen molar-refractivity contribution < 1.29 is 0 Å². The highest BCUT2D eigenvalue weighted by Gasteiger charge is 1.99. The highest BCUT2D eigenvalue weighted by atomic mass is 14.2. The Labute approximate surface area is 123 Å². The van der Waals surface area contributed by atoms with Gasteiger partial charge in [-0.05, 0) is 31.0 Å². The Bertz CT molecular complexity index is 582. The van der Waals surface area contributed by atoms with E-state index >= 15 is 0 Å². The summed E-state index contributed by atoms with van der Waals surface area (Å²) in [4.78, 5) is 0. The first-order valence-corrected chi connectivity index (χ1v) is 7.33. The smallest absolute Gasteiger partial charge is 0.0992 e. The Morgan fingerprint density at radius 1 is 0.900 bits per heavy atom. The van der Waals surface area contributed by atoms with E-state index in [0.29, 0.717) is 5.56 Å². The minimum Gasteiger partial charge on any atom is -0.192 e. The van der Waals surface area contributed by atoms with Crippen LogP contribution in [0, 0.1) is 35.0 Å². The van der Waals surface area contributed by atoms with E-state index in [1.165, 1.54) is 0 Å². The van der Waals surface area contributed by atoms with Crippen molar-refractivity contribution in [1.29, 1.82) is 5.26 Å². The molecule has 0 aliphatic rings. The molecular formula is C19H21N. The molecule has 1 aromatic carbocycles. The molecule has 0 heterocycles. The van der Waals surface area contributed by atoms with Gasteiger partial charge in [-0.15, -0.1) is 0 Å².